The molecule has 4 nitrogen and oxygen atoms in total. The van der Waals surface area contributed by atoms with Gasteiger partial charge in [0.15, 0.2) is 5.16 Å². The highest BCUT2D eigenvalue weighted by Crippen LogP contribution is 2.21. The van der Waals surface area contributed by atoms with Crippen molar-refractivity contribution in [1.82, 2.24) is 19.8 Å². The molecule has 0 N–H and O–H groups in total. The van der Waals surface area contributed by atoms with Crippen LogP contribution in [0, 0.1) is 0 Å². The Labute approximate surface area is 153 Å². The molecule has 1 fully saturated rings. The first-order valence-electron chi connectivity index (χ1n) is 8.62. The van der Waals surface area contributed by atoms with Gasteiger partial charge in [0.05, 0.1) is 0 Å². The molecule has 0 bridgehead atoms. The summed E-state index contributed by atoms with van der Waals surface area (Å²) in [6.07, 6.45) is 8.62. The van der Waals surface area contributed by atoms with Gasteiger partial charge in [-0.3, -0.25) is 9.80 Å². The van der Waals surface area contributed by atoms with E-state index in [1.54, 1.807) is 11.8 Å². The molecule has 3 heterocycles. The van der Waals surface area contributed by atoms with Gasteiger partial charge in [-0.15, -0.1) is 11.3 Å². The van der Waals surface area contributed by atoms with Gasteiger partial charge >= 0.3 is 0 Å². The first kappa shape index (κ1) is 17.9. The van der Waals surface area contributed by atoms with Crippen LogP contribution in [0.15, 0.2) is 35.1 Å². The van der Waals surface area contributed by atoms with Gasteiger partial charge in [-0.25, -0.2) is 9.97 Å². The van der Waals surface area contributed by atoms with Crippen LogP contribution in [0.5, 0.6) is 0 Å². The highest BCUT2D eigenvalue weighted by Gasteiger charge is 2.25. The van der Waals surface area contributed by atoms with Crippen molar-refractivity contribution in [2.45, 2.75) is 44.1 Å². The molecule has 0 spiro atoms. The molecule has 1 aliphatic heterocycles. The van der Waals surface area contributed by atoms with E-state index in [1.165, 1.54) is 29.8 Å². The molecule has 3 rings (SSSR count). The van der Waals surface area contributed by atoms with Crippen molar-refractivity contribution in [3.05, 3.63) is 40.3 Å². The maximum atomic E-state index is 4.43. The molecule has 0 amide bonds. The Morgan fingerprint density at radius 3 is 2.83 bits per heavy atom. The molecule has 2 aromatic heterocycles. The van der Waals surface area contributed by atoms with Crippen LogP contribution in [-0.2, 0) is 13.1 Å². The fourth-order valence-corrected chi connectivity index (χ4v) is 4.47. The predicted molar refractivity (Wildman–Crippen MR) is 103 cm³/mol. The lowest BCUT2D eigenvalue weighted by Crippen LogP contribution is -2.39. The van der Waals surface area contributed by atoms with Crippen molar-refractivity contribution in [2.24, 2.45) is 0 Å². The zero-order chi connectivity index (χ0) is 16.8. The lowest BCUT2D eigenvalue weighted by molar-refractivity contribution is 0.166. The second-order valence-corrected chi connectivity index (χ2v) is 8.06. The molecule has 6 heteroatoms. The Balaban J connectivity index is 1.68. The highest BCUT2D eigenvalue weighted by molar-refractivity contribution is 7.98. The Morgan fingerprint density at radius 1 is 1.33 bits per heavy atom. The van der Waals surface area contributed by atoms with Crippen LogP contribution in [-0.4, -0.2) is 51.7 Å². The molecule has 24 heavy (non-hydrogen) atoms. The first-order chi connectivity index (χ1) is 11.8. The van der Waals surface area contributed by atoms with Crippen LogP contribution in [0.4, 0.5) is 0 Å². The predicted octanol–water partition coefficient (Wildman–Crippen LogP) is 3.75. The van der Waals surface area contributed by atoms with Gasteiger partial charge in [0.1, 0.15) is 0 Å². The Kier molecular flexibility index (Phi) is 6.66. The monoisotopic (exact) mass is 362 g/mol. The topological polar surface area (TPSA) is 32.3 Å². The Bertz CT molecular complexity index is 600. The summed E-state index contributed by atoms with van der Waals surface area (Å²) in [5.41, 5.74) is 1.20. The van der Waals surface area contributed by atoms with Crippen LogP contribution in [0.2, 0.25) is 0 Å². The maximum absolute atomic E-state index is 4.43. The van der Waals surface area contributed by atoms with Gasteiger partial charge in [0.2, 0.25) is 0 Å². The zero-order valence-electron chi connectivity index (χ0n) is 14.5. The van der Waals surface area contributed by atoms with Gasteiger partial charge in [0, 0.05) is 48.5 Å². The number of hydrogen-bond donors (Lipinski definition) is 0. The molecule has 130 valence electrons. The number of nitrogens with zero attached hydrogens (tertiary/aromatic N) is 4. The van der Waals surface area contributed by atoms with Gasteiger partial charge in [-0.1, -0.05) is 24.8 Å². The van der Waals surface area contributed by atoms with Gasteiger partial charge in [-0.05, 0) is 43.6 Å². The van der Waals surface area contributed by atoms with E-state index in [2.05, 4.69) is 44.2 Å². The van der Waals surface area contributed by atoms with Gasteiger partial charge in [0.25, 0.3) is 0 Å². The van der Waals surface area contributed by atoms with Gasteiger partial charge < -0.3 is 0 Å². The second kappa shape index (κ2) is 8.94. The average Bonchev–Trinajstić information content (AvgIpc) is 3.27. The number of hydrogen-bond acceptors (Lipinski definition) is 6. The zero-order valence-corrected chi connectivity index (χ0v) is 16.2. The van der Waals surface area contributed by atoms with E-state index in [9.17, 15) is 0 Å². The molecule has 0 unspecified atom stereocenters. The number of aromatic nitrogens is 2. The molecule has 0 saturated carbocycles. The summed E-state index contributed by atoms with van der Waals surface area (Å²) in [6, 6.07) is 5.06. The van der Waals surface area contributed by atoms with Crippen LogP contribution < -0.4 is 0 Å². The summed E-state index contributed by atoms with van der Waals surface area (Å²) in [5, 5.41) is 3.01. The fraction of sp³-hybridized carbons (Fsp3) is 0.556. The van der Waals surface area contributed by atoms with Crippen molar-refractivity contribution >= 4 is 23.1 Å². The van der Waals surface area contributed by atoms with E-state index >= 15 is 0 Å². The molecular weight excluding hydrogens is 336 g/mol. The maximum Gasteiger partial charge on any atom is 0.187 e. The molecule has 0 radical (unpaired) electrons. The van der Waals surface area contributed by atoms with E-state index in [0.29, 0.717) is 6.04 Å². The lowest BCUT2D eigenvalue weighted by atomic mass is 10.2. The minimum atomic E-state index is 0.682. The second-order valence-electron chi connectivity index (χ2n) is 6.25. The minimum absolute atomic E-state index is 0.682. The third-order valence-electron chi connectivity index (χ3n) is 4.60. The molecule has 1 aliphatic rings. The normalized spacial score (nSPS) is 18.5. The number of rotatable bonds is 8. The van der Waals surface area contributed by atoms with Crippen LogP contribution in [0.3, 0.4) is 0 Å². The summed E-state index contributed by atoms with van der Waals surface area (Å²) in [5.74, 6) is 0. The number of likely N-dealkylation sites (tertiary alicyclic amines) is 1. The van der Waals surface area contributed by atoms with E-state index in [0.717, 1.165) is 31.3 Å². The number of thioether (sulfide) groups is 1. The standard InChI is InChI=1S/C18H26N4S2/c1-3-22-8-4-6-16(22)13-21(14-17-7-5-9-24-17)12-15-10-19-18(23-2)20-11-15/h5,7,9-11,16H,3-4,6,8,12-14H2,1-2H3/t16-/m1/s1. The summed E-state index contributed by atoms with van der Waals surface area (Å²) in [4.78, 5) is 15.5. The highest BCUT2D eigenvalue weighted by atomic mass is 32.2. The van der Waals surface area contributed by atoms with Crippen molar-refractivity contribution in [3.8, 4) is 0 Å². The van der Waals surface area contributed by atoms with Crippen molar-refractivity contribution in [2.75, 3.05) is 25.9 Å². The minimum Gasteiger partial charge on any atom is -0.299 e. The largest absolute Gasteiger partial charge is 0.299 e. The van der Waals surface area contributed by atoms with E-state index in [4.69, 9.17) is 0 Å². The van der Waals surface area contributed by atoms with Crippen molar-refractivity contribution < 1.29 is 0 Å². The average molecular weight is 363 g/mol. The third kappa shape index (κ3) is 4.79. The summed E-state index contributed by atoms with van der Waals surface area (Å²) in [7, 11) is 0. The number of likely N-dealkylation sites (N-methyl/N-ethyl adjacent to an activating group) is 1. The third-order valence-corrected chi connectivity index (χ3v) is 6.04. The van der Waals surface area contributed by atoms with Crippen molar-refractivity contribution in [1.29, 1.82) is 0 Å². The molecule has 1 atom stereocenters. The number of thiophene rings is 1. The van der Waals surface area contributed by atoms with E-state index in [-0.39, 0.29) is 0 Å². The van der Waals surface area contributed by atoms with E-state index < -0.39 is 0 Å². The molecule has 0 aliphatic carbocycles. The van der Waals surface area contributed by atoms with Crippen LogP contribution in [0.1, 0.15) is 30.2 Å². The molecule has 0 aromatic carbocycles. The summed E-state index contributed by atoms with van der Waals surface area (Å²) < 4.78 is 0. The Morgan fingerprint density at radius 2 is 2.17 bits per heavy atom. The van der Waals surface area contributed by atoms with E-state index in [1.807, 2.05) is 30.0 Å². The van der Waals surface area contributed by atoms with Crippen LogP contribution >= 0.6 is 23.1 Å². The molecular formula is C18H26N4S2. The summed E-state index contributed by atoms with van der Waals surface area (Å²) in [6.45, 7) is 7.73. The lowest BCUT2D eigenvalue weighted by Gasteiger charge is -2.30. The molecule has 1 saturated heterocycles. The fourth-order valence-electron chi connectivity index (χ4n) is 3.41. The molecule has 2 aromatic rings. The Hall–Kier alpha value is -0.950. The van der Waals surface area contributed by atoms with Gasteiger partial charge in [-0.2, -0.15) is 0 Å². The first-order valence-corrected chi connectivity index (χ1v) is 10.7. The summed E-state index contributed by atoms with van der Waals surface area (Å²) >= 11 is 3.43. The SMILES string of the molecule is CCN1CCC[C@@H]1CN(Cc1cnc(SC)nc1)Cc1cccs1. The smallest absolute Gasteiger partial charge is 0.187 e. The quantitative estimate of drug-likeness (QED) is 0.527. The van der Waals surface area contributed by atoms with Crippen molar-refractivity contribution in [3.63, 3.8) is 0 Å². The van der Waals surface area contributed by atoms with Crippen LogP contribution in [0.25, 0.3) is 0 Å².